The normalized spacial score (nSPS) is 15.2. The molecule has 0 atom stereocenters. The summed E-state index contributed by atoms with van der Waals surface area (Å²) in [5.74, 6) is 0. The van der Waals surface area contributed by atoms with Gasteiger partial charge in [0.15, 0.2) is 0 Å². The average molecular weight is 733 g/mol. The minimum absolute atomic E-state index is 0. The molecule has 6 aromatic rings. The maximum Gasteiger partial charge on any atom is 0.113 e. The standard InChI is InChI=1S/C35H36N8.4ClH.H2O/c1-3-10-28-26(8-1)36-30-12-5-14-32(34(30)38-28)42-22-18-40(19-23-42)16-7-17-41-20-24-43(25-21-41)33-15-6-13-31-35(33)39-29-11-4-2-9-27(29)37-31;;;;;/h1-6,8-15H,7,16-25H2;4*1H;1H2. The van der Waals surface area contributed by atoms with Crippen LogP contribution in [-0.2, 0) is 0 Å². The molecule has 9 nitrogen and oxygen atoms in total. The monoisotopic (exact) mass is 730 g/mol. The zero-order chi connectivity index (χ0) is 28.6. The third kappa shape index (κ3) is 7.95. The lowest BCUT2D eigenvalue weighted by molar-refractivity contribution is 0.213. The highest BCUT2D eigenvalue weighted by atomic mass is 35.5. The number of hydrogen-bond donors (Lipinski definition) is 0. The van der Waals surface area contributed by atoms with Gasteiger partial charge in [-0.25, -0.2) is 19.9 Å². The van der Waals surface area contributed by atoms with Crippen molar-refractivity contribution in [1.82, 2.24) is 29.7 Å². The highest BCUT2D eigenvalue weighted by Crippen LogP contribution is 2.28. The number of nitrogens with zero attached hydrogens (tertiary/aromatic N) is 8. The second-order valence-corrected chi connectivity index (χ2v) is 11.7. The highest BCUT2D eigenvalue weighted by Gasteiger charge is 2.22. The third-order valence-electron chi connectivity index (χ3n) is 9.07. The Morgan fingerprint density at radius 1 is 0.396 bits per heavy atom. The fraction of sp³-hybridized carbons (Fsp3) is 0.314. The van der Waals surface area contributed by atoms with Gasteiger partial charge >= 0.3 is 0 Å². The zero-order valence-electron chi connectivity index (χ0n) is 26.6. The minimum atomic E-state index is 0. The van der Waals surface area contributed by atoms with Crippen LogP contribution in [0.3, 0.4) is 0 Å². The van der Waals surface area contributed by atoms with Crippen molar-refractivity contribution in [3.05, 3.63) is 84.9 Å². The summed E-state index contributed by atoms with van der Waals surface area (Å²) in [5, 5.41) is 0. The smallest absolute Gasteiger partial charge is 0.113 e. The first-order chi connectivity index (χ1) is 21.3. The molecule has 2 aromatic heterocycles. The summed E-state index contributed by atoms with van der Waals surface area (Å²) < 4.78 is 0. The third-order valence-corrected chi connectivity index (χ3v) is 9.07. The number of halogens is 4. The number of hydrogen-bond acceptors (Lipinski definition) is 8. The molecule has 48 heavy (non-hydrogen) atoms. The van der Waals surface area contributed by atoms with E-state index in [2.05, 4.69) is 68.1 Å². The first kappa shape index (κ1) is 39.2. The molecule has 0 spiro atoms. The van der Waals surface area contributed by atoms with Crippen molar-refractivity contribution in [2.75, 3.05) is 75.2 Å². The van der Waals surface area contributed by atoms with Crippen LogP contribution in [0.2, 0.25) is 0 Å². The fourth-order valence-electron chi connectivity index (χ4n) is 6.71. The van der Waals surface area contributed by atoms with E-state index in [0.717, 1.165) is 110 Å². The first-order valence-corrected chi connectivity index (χ1v) is 15.5. The summed E-state index contributed by atoms with van der Waals surface area (Å²) in [6.45, 7) is 10.7. The molecule has 0 bridgehead atoms. The molecule has 2 N–H and O–H groups in total. The molecular weight excluding hydrogens is 690 g/mol. The van der Waals surface area contributed by atoms with Crippen LogP contribution in [0, 0.1) is 0 Å². The molecule has 0 radical (unpaired) electrons. The SMILES string of the molecule is Cl.Cl.Cl.Cl.O.c1ccc2nc3c(N4CCN(CCCN5CCN(c6cccc7nc8ccccc8nc67)CC5)CC4)cccc3nc2c1. The van der Waals surface area contributed by atoms with Crippen LogP contribution < -0.4 is 9.80 Å². The Bertz CT molecular complexity index is 1800. The van der Waals surface area contributed by atoms with E-state index in [0.29, 0.717) is 0 Å². The molecule has 2 fully saturated rings. The van der Waals surface area contributed by atoms with E-state index in [1.165, 1.54) is 17.8 Å². The summed E-state index contributed by atoms with van der Waals surface area (Å²) in [4.78, 5) is 29.9. The number of fused-ring (bicyclic) bond motifs is 4. The number of benzene rings is 4. The number of piperazine rings is 2. The fourth-order valence-corrected chi connectivity index (χ4v) is 6.71. The molecule has 0 amide bonds. The molecular formula is C35H42Cl4N8O. The Kier molecular flexibility index (Phi) is 14.2. The first-order valence-electron chi connectivity index (χ1n) is 15.5. The lowest BCUT2D eigenvalue weighted by Crippen LogP contribution is -2.49. The van der Waals surface area contributed by atoms with Crippen molar-refractivity contribution < 1.29 is 5.48 Å². The van der Waals surface area contributed by atoms with Crippen LogP contribution in [0.1, 0.15) is 6.42 Å². The van der Waals surface area contributed by atoms with Gasteiger partial charge < -0.3 is 15.3 Å². The lowest BCUT2D eigenvalue weighted by Gasteiger charge is -2.38. The molecule has 0 aliphatic carbocycles. The Morgan fingerprint density at radius 2 is 0.729 bits per heavy atom. The lowest BCUT2D eigenvalue weighted by atomic mass is 10.2. The predicted molar refractivity (Wildman–Crippen MR) is 209 cm³/mol. The zero-order valence-corrected chi connectivity index (χ0v) is 29.8. The van der Waals surface area contributed by atoms with Gasteiger partial charge in [-0.1, -0.05) is 36.4 Å². The summed E-state index contributed by atoms with van der Waals surface area (Å²) in [6, 6.07) is 29.1. The van der Waals surface area contributed by atoms with E-state index in [9.17, 15) is 0 Å². The second-order valence-electron chi connectivity index (χ2n) is 11.7. The molecule has 256 valence electrons. The van der Waals surface area contributed by atoms with E-state index < -0.39 is 0 Å². The van der Waals surface area contributed by atoms with Gasteiger partial charge in [0.2, 0.25) is 0 Å². The van der Waals surface area contributed by atoms with Crippen molar-refractivity contribution in [2.45, 2.75) is 6.42 Å². The van der Waals surface area contributed by atoms with Crippen molar-refractivity contribution in [3.63, 3.8) is 0 Å². The van der Waals surface area contributed by atoms with E-state index in [1.807, 2.05) is 36.4 Å². The van der Waals surface area contributed by atoms with Gasteiger partial charge in [0.1, 0.15) is 11.0 Å². The van der Waals surface area contributed by atoms with E-state index in [1.54, 1.807) is 0 Å². The molecule has 0 saturated carbocycles. The van der Waals surface area contributed by atoms with Crippen molar-refractivity contribution in [1.29, 1.82) is 0 Å². The Morgan fingerprint density at radius 3 is 1.10 bits per heavy atom. The molecule has 2 aliphatic rings. The van der Waals surface area contributed by atoms with Gasteiger partial charge in [-0.3, -0.25) is 9.80 Å². The van der Waals surface area contributed by atoms with Gasteiger partial charge in [0.05, 0.1) is 44.5 Å². The maximum absolute atomic E-state index is 4.99. The maximum atomic E-state index is 4.99. The number of rotatable bonds is 6. The van der Waals surface area contributed by atoms with Crippen LogP contribution in [-0.4, -0.2) is 101 Å². The van der Waals surface area contributed by atoms with Crippen molar-refractivity contribution in [3.8, 4) is 0 Å². The highest BCUT2D eigenvalue weighted by molar-refractivity contribution is 5.95. The van der Waals surface area contributed by atoms with Crippen molar-refractivity contribution in [2.24, 2.45) is 0 Å². The molecule has 2 aliphatic heterocycles. The summed E-state index contributed by atoms with van der Waals surface area (Å²) in [7, 11) is 0. The van der Waals surface area contributed by atoms with Crippen molar-refractivity contribution >= 4 is 105 Å². The predicted octanol–water partition coefficient (Wildman–Crippen LogP) is 6.08. The quantitative estimate of drug-likeness (QED) is 0.191. The number of para-hydroxylation sites is 6. The molecule has 2 saturated heterocycles. The number of anilines is 2. The Balaban J connectivity index is 0.00000125. The average Bonchev–Trinajstić information content (AvgIpc) is 3.06. The van der Waals surface area contributed by atoms with Crippen LogP contribution >= 0.6 is 49.6 Å². The molecule has 8 rings (SSSR count). The number of aromatic nitrogens is 4. The van der Waals surface area contributed by atoms with Gasteiger partial charge in [-0.2, -0.15) is 0 Å². The Hall–Kier alpha value is -3.28. The van der Waals surface area contributed by atoms with Crippen LogP contribution in [0.15, 0.2) is 84.9 Å². The summed E-state index contributed by atoms with van der Waals surface area (Å²) >= 11 is 0. The van der Waals surface area contributed by atoms with Gasteiger partial charge in [-0.05, 0) is 68.0 Å². The molecule has 4 aromatic carbocycles. The summed E-state index contributed by atoms with van der Waals surface area (Å²) in [6.07, 6.45) is 1.21. The van der Waals surface area contributed by atoms with Crippen LogP contribution in [0.25, 0.3) is 44.1 Å². The Labute approximate surface area is 305 Å². The topological polar surface area (TPSA) is 96.0 Å². The second kappa shape index (κ2) is 17.4. The van der Waals surface area contributed by atoms with E-state index in [4.69, 9.17) is 19.9 Å². The van der Waals surface area contributed by atoms with Crippen LogP contribution in [0.4, 0.5) is 11.4 Å². The molecule has 0 unspecified atom stereocenters. The van der Waals surface area contributed by atoms with Crippen LogP contribution in [0.5, 0.6) is 0 Å². The summed E-state index contributed by atoms with van der Waals surface area (Å²) in [5.41, 5.74) is 10.2. The van der Waals surface area contributed by atoms with E-state index >= 15 is 0 Å². The van der Waals surface area contributed by atoms with E-state index in [-0.39, 0.29) is 55.1 Å². The molecule has 13 heteroatoms. The largest absolute Gasteiger partial charge is 0.412 e. The van der Waals surface area contributed by atoms with Gasteiger partial charge in [0, 0.05) is 52.4 Å². The van der Waals surface area contributed by atoms with Gasteiger partial charge in [0.25, 0.3) is 0 Å². The molecule has 4 heterocycles. The van der Waals surface area contributed by atoms with Gasteiger partial charge in [-0.15, -0.1) is 49.6 Å². The minimum Gasteiger partial charge on any atom is -0.412 e.